The first-order chi connectivity index (χ1) is 8.29. The minimum atomic E-state index is 0.706. The summed E-state index contributed by atoms with van der Waals surface area (Å²) in [7, 11) is 0. The SMILES string of the molecule is CCc1cccnc1CNC1CCC(C)CC1. The van der Waals surface area contributed by atoms with Crippen LogP contribution in [0.25, 0.3) is 0 Å². The van der Waals surface area contributed by atoms with E-state index in [1.54, 1.807) is 0 Å². The van der Waals surface area contributed by atoms with E-state index in [1.165, 1.54) is 36.9 Å². The van der Waals surface area contributed by atoms with Gasteiger partial charge in [0, 0.05) is 18.8 Å². The van der Waals surface area contributed by atoms with Crippen LogP contribution in [0.5, 0.6) is 0 Å². The zero-order valence-electron chi connectivity index (χ0n) is 11.1. The van der Waals surface area contributed by atoms with Crippen molar-refractivity contribution in [1.29, 1.82) is 0 Å². The number of nitrogens with zero attached hydrogens (tertiary/aromatic N) is 1. The molecule has 0 atom stereocenters. The van der Waals surface area contributed by atoms with Crippen LogP contribution < -0.4 is 5.32 Å². The lowest BCUT2D eigenvalue weighted by molar-refractivity contribution is 0.305. The van der Waals surface area contributed by atoms with E-state index >= 15 is 0 Å². The molecule has 0 aromatic carbocycles. The molecular weight excluding hydrogens is 208 g/mol. The van der Waals surface area contributed by atoms with Crippen molar-refractivity contribution in [1.82, 2.24) is 10.3 Å². The zero-order valence-corrected chi connectivity index (χ0v) is 11.1. The van der Waals surface area contributed by atoms with Crippen LogP contribution in [0.2, 0.25) is 0 Å². The standard InChI is InChI=1S/C15H24N2/c1-3-13-5-4-10-16-15(13)11-17-14-8-6-12(2)7-9-14/h4-5,10,12,14,17H,3,6-9,11H2,1-2H3. The highest BCUT2D eigenvalue weighted by Gasteiger charge is 2.17. The molecule has 2 nitrogen and oxygen atoms in total. The Morgan fingerprint density at radius 1 is 1.29 bits per heavy atom. The van der Waals surface area contributed by atoms with Gasteiger partial charge in [-0.1, -0.05) is 19.9 Å². The van der Waals surface area contributed by atoms with Crippen LogP contribution in [0.4, 0.5) is 0 Å². The van der Waals surface area contributed by atoms with Gasteiger partial charge in [-0.3, -0.25) is 4.98 Å². The fourth-order valence-electron chi connectivity index (χ4n) is 2.66. The Labute approximate surface area is 105 Å². The monoisotopic (exact) mass is 232 g/mol. The lowest BCUT2D eigenvalue weighted by atomic mass is 9.87. The molecule has 1 heterocycles. The summed E-state index contributed by atoms with van der Waals surface area (Å²) in [5, 5.41) is 3.67. The van der Waals surface area contributed by atoms with Crippen LogP contribution in [0.15, 0.2) is 18.3 Å². The van der Waals surface area contributed by atoms with Crippen molar-refractivity contribution in [3.63, 3.8) is 0 Å². The predicted octanol–water partition coefficient (Wildman–Crippen LogP) is 3.31. The van der Waals surface area contributed by atoms with Gasteiger partial charge < -0.3 is 5.32 Å². The molecule has 0 amide bonds. The lowest BCUT2D eigenvalue weighted by Crippen LogP contribution is -2.32. The molecule has 0 spiro atoms. The van der Waals surface area contributed by atoms with Gasteiger partial charge in [-0.2, -0.15) is 0 Å². The van der Waals surface area contributed by atoms with E-state index in [2.05, 4.69) is 30.2 Å². The smallest absolute Gasteiger partial charge is 0.0573 e. The van der Waals surface area contributed by atoms with Crippen molar-refractivity contribution in [2.24, 2.45) is 5.92 Å². The number of aromatic nitrogens is 1. The quantitative estimate of drug-likeness (QED) is 0.861. The van der Waals surface area contributed by atoms with Gasteiger partial charge in [0.25, 0.3) is 0 Å². The average Bonchev–Trinajstić information content (AvgIpc) is 2.38. The Bertz CT molecular complexity index is 341. The third kappa shape index (κ3) is 3.53. The molecule has 1 saturated carbocycles. The molecule has 1 fully saturated rings. The maximum Gasteiger partial charge on any atom is 0.0573 e. The number of hydrogen-bond donors (Lipinski definition) is 1. The normalized spacial score (nSPS) is 24.8. The highest BCUT2D eigenvalue weighted by molar-refractivity contribution is 5.19. The van der Waals surface area contributed by atoms with E-state index in [1.807, 2.05) is 12.3 Å². The molecule has 2 rings (SSSR count). The van der Waals surface area contributed by atoms with Gasteiger partial charge in [0.2, 0.25) is 0 Å². The summed E-state index contributed by atoms with van der Waals surface area (Å²) in [6.45, 7) is 5.50. The molecule has 0 aliphatic heterocycles. The van der Waals surface area contributed by atoms with Crippen molar-refractivity contribution >= 4 is 0 Å². The molecule has 0 saturated heterocycles. The van der Waals surface area contributed by atoms with Crippen LogP contribution in [0, 0.1) is 5.92 Å². The summed E-state index contributed by atoms with van der Waals surface area (Å²) in [4.78, 5) is 4.49. The Hall–Kier alpha value is -0.890. The maximum atomic E-state index is 4.49. The lowest BCUT2D eigenvalue weighted by Gasteiger charge is -2.27. The Balaban J connectivity index is 1.85. The first-order valence-corrected chi connectivity index (χ1v) is 6.95. The Morgan fingerprint density at radius 2 is 2.06 bits per heavy atom. The maximum absolute atomic E-state index is 4.49. The van der Waals surface area contributed by atoms with Crippen molar-refractivity contribution in [2.45, 2.75) is 58.5 Å². The van der Waals surface area contributed by atoms with Crippen LogP contribution in [0.1, 0.15) is 50.8 Å². The molecule has 2 heteroatoms. The van der Waals surface area contributed by atoms with Gasteiger partial charge in [0.05, 0.1) is 5.69 Å². The van der Waals surface area contributed by atoms with Crippen LogP contribution >= 0.6 is 0 Å². The van der Waals surface area contributed by atoms with Gasteiger partial charge >= 0.3 is 0 Å². The van der Waals surface area contributed by atoms with Gasteiger partial charge in [0.15, 0.2) is 0 Å². The van der Waals surface area contributed by atoms with Crippen molar-refractivity contribution in [3.8, 4) is 0 Å². The number of nitrogens with one attached hydrogen (secondary N) is 1. The molecule has 94 valence electrons. The van der Waals surface area contributed by atoms with E-state index < -0.39 is 0 Å². The van der Waals surface area contributed by atoms with Crippen LogP contribution in [0.3, 0.4) is 0 Å². The summed E-state index contributed by atoms with van der Waals surface area (Å²) >= 11 is 0. The number of aryl methyl sites for hydroxylation is 1. The molecule has 1 N–H and O–H groups in total. The summed E-state index contributed by atoms with van der Waals surface area (Å²) in [6, 6.07) is 4.93. The zero-order chi connectivity index (χ0) is 12.1. The number of pyridine rings is 1. The molecule has 1 aromatic rings. The topological polar surface area (TPSA) is 24.9 Å². The highest BCUT2D eigenvalue weighted by atomic mass is 14.9. The van der Waals surface area contributed by atoms with Gasteiger partial charge in [-0.05, 0) is 49.7 Å². The van der Waals surface area contributed by atoms with Crippen molar-refractivity contribution < 1.29 is 0 Å². The highest BCUT2D eigenvalue weighted by Crippen LogP contribution is 2.23. The first kappa shape index (κ1) is 12.6. The first-order valence-electron chi connectivity index (χ1n) is 6.95. The molecule has 0 radical (unpaired) electrons. The molecule has 0 unspecified atom stereocenters. The van der Waals surface area contributed by atoms with E-state index in [0.29, 0.717) is 6.04 Å². The molecule has 0 bridgehead atoms. The Kier molecular flexibility index (Phi) is 4.55. The summed E-state index contributed by atoms with van der Waals surface area (Å²) in [5.41, 5.74) is 2.61. The third-order valence-corrected chi connectivity index (χ3v) is 3.94. The second-order valence-electron chi connectivity index (χ2n) is 5.30. The van der Waals surface area contributed by atoms with E-state index in [0.717, 1.165) is 18.9 Å². The van der Waals surface area contributed by atoms with Crippen molar-refractivity contribution in [2.75, 3.05) is 0 Å². The summed E-state index contributed by atoms with van der Waals surface area (Å²) in [5.74, 6) is 0.925. The molecule has 1 aliphatic carbocycles. The van der Waals surface area contributed by atoms with Gasteiger partial charge in [-0.25, -0.2) is 0 Å². The minimum absolute atomic E-state index is 0.706. The average molecular weight is 232 g/mol. The third-order valence-electron chi connectivity index (χ3n) is 3.94. The molecular formula is C15H24N2. The van der Waals surface area contributed by atoms with E-state index in [4.69, 9.17) is 0 Å². The predicted molar refractivity (Wildman–Crippen MR) is 71.9 cm³/mol. The second kappa shape index (κ2) is 6.15. The summed E-state index contributed by atoms with van der Waals surface area (Å²) in [6.07, 6.45) is 8.39. The fraction of sp³-hybridized carbons (Fsp3) is 0.667. The summed E-state index contributed by atoms with van der Waals surface area (Å²) < 4.78 is 0. The van der Waals surface area contributed by atoms with Crippen molar-refractivity contribution in [3.05, 3.63) is 29.6 Å². The second-order valence-corrected chi connectivity index (χ2v) is 5.30. The molecule has 1 aliphatic rings. The van der Waals surface area contributed by atoms with Gasteiger partial charge in [-0.15, -0.1) is 0 Å². The molecule has 1 aromatic heterocycles. The largest absolute Gasteiger partial charge is 0.308 e. The van der Waals surface area contributed by atoms with E-state index in [9.17, 15) is 0 Å². The molecule has 17 heavy (non-hydrogen) atoms. The van der Waals surface area contributed by atoms with Gasteiger partial charge in [0.1, 0.15) is 0 Å². The van der Waals surface area contributed by atoms with Crippen LogP contribution in [-0.4, -0.2) is 11.0 Å². The minimum Gasteiger partial charge on any atom is -0.308 e. The fourth-order valence-corrected chi connectivity index (χ4v) is 2.66. The van der Waals surface area contributed by atoms with E-state index in [-0.39, 0.29) is 0 Å². The van der Waals surface area contributed by atoms with Crippen LogP contribution in [-0.2, 0) is 13.0 Å². The number of hydrogen-bond acceptors (Lipinski definition) is 2. The number of rotatable bonds is 4. The Morgan fingerprint density at radius 3 is 2.76 bits per heavy atom.